The van der Waals surface area contributed by atoms with Gasteiger partial charge in [-0.2, -0.15) is 5.10 Å². The maximum Gasteiger partial charge on any atom is 0.151 e. The van der Waals surface area contributed by atoms with Gasteiger partial charge in [0.05, 0.1) is 0 Å². The van der Waals surface area contributed by atoms with Crippen molar-refractivity contribution in [3.63, 3.8) is 0 Å². The summed E-state index contributed by atoms with van der Waals surface area (Å²) in [6, 6.07) is 10.0. The summed E-state index contributed by atoms with van der Waals surface area (Å²) < 4.78 is 0. The number of H-pyrrole nitrogens is 1. The highest BCUT2D eigenvalue weighted by Gasteiger charge is 2.12. The Kier molecular flexibility index (Phi) is 4.04. The molecule has 1 heterocycles. The molecule has 2 rings (SSSR count). The Morgan fingerprint density at radius 3 is 2.61 bits per heavy atom. The number of aliphatic imine (C=N–C) groups is 1. The van der Waals surface area contributed by atoms with Gasteiger partial charge in [-0.3, -0.25) is 5.10 Å². The fraction of sp³-hybridized carbons (Fsp3) is 0.231. The van der Waals surface area contributed by atoms with Crippen LogP contribution in [0.4, 0.5) is 11.5 Å². The van der Waals surface area contributed by atoms with E-state index < -0.39 is 0 Å². The number of thioether (sulfide) groups is 1. The first-order chi connectivity index (χ1) is 8.72. The first-order valence-electron chi connectivity index (χ1n) is 5.61. The van der Waals surface area contributed by atoms with E-state index in [4.69, 9.17) is 0 Å². The third kappa shape index (κ3) is 2.73. The smallest absolute Gasteiger partial charge is 0.151 e. The minimum Gasteiger partial charge on any atom is -0.361 e. The third-order valence-electron chi connectivity index (χ3n) is 2.47. The quantitative estimate of drug-likeness (QED) is 0.679. The standard InChI is InChI=1S/C13H16N4S/c1-17(2)12-11(13(18-3)16-15-12)14-9-10-7-5-4-6-8-10/h4-9H,1-3H3,(H,15,16). The molecule has 18 heavy (non-hydrogen) atoms. The van der Waals surface area contributed by atoms with Gasteiger partial charge in [-0.15, -0.1) is 11.8 Å². The molecule has 0 aliphatic heterocycles. The number of hydrogen-bond donors (Lipinski definition) is 1. The summed E-state index contributed by atoms with van der Waals surface area (Å²) in [5.74, 6) is 0.923. The Morgan fingerprint density at radius 2 is 2.00 bits per heavy atom. The van der Waals surface area contributed by atoms with Crippen molar-refractivity contribution >= 4 is 29.5 Å². The normalized spacial score (nSPS) is 11.1. The molecule has 0 spiro atoms. The van der Waals surface area contributed by atoms with Crippen LogP contribution >= 0.6 is 11.8 Å². The maximum atomic E-state index is 4.55. The van der Waals surface area contributed by atoms with Crippen molar-refractivity contribution in [1.29, 1.82) is 0 Å². The number of aromatic nitrogens is 2. The van der Waals surface area contributed by atoms with Crippen LogP contribution < -0.4 is 4.90 Å². The van der Waals surface area contributed by atoms with Gasteiger partial charge in [0, 0.05) is 20.3 Å². The van der Waals surface area contributed by atoms with E-state index in [1.807, 2.05) is 61.8 Å². The van der Waals surface area contributed by atoms with Crippen LogP contribution in [0, 0.1) is 0 Å². The van der Waals surface area contributed by atoms with E-state index in [2.05, 4.69) is 15.2 Å². The molecule has 1 N–H and O–H groups in total. The number of hydrogen-bond acceptors (Lipinski definition) is 4. The lowest BCUT2D eigenvalue weighted by Crippen LogP contribution is -2.09. The summed E-state index contributed by atoms with van der Waals surface area (Å²) in [6.45, 7) is 0. The molecule has 1 aromatic carbocycles. The Bertz CT molecular complexity index is 531. The van der Waals surface area contributed by atoms with Crippen LogP contribution in [-0.4, -0.2) is 36.8 Å². The van der Waals surface area contributed by atoms with Crippen LogP contribution in [0.1, 0.15) is 5.56 Å². The van der Waals surface area contributed by atoms with Gasteiger partial charge < -0.3 is 4.90 Å². The average Bonchev–Trinajstić information content (AvgIpc) is 2.80. The molecule has 0 unspecified atom stereocenters. The van der Waals surface area contributed by atoms with Crippen LogP contribution in [0.25, 0.3) is 0 Å². The van der Waals surface area contributed by atoms with Crippen LogP contribution in [-0.2, 0) is 0 Å². The molecule has 2 aromatic rings. The van der Waals surface area contributed by atoms with E-state index in [9.17, 15) is 0 Å². The van der Waals surface area contributed by atoms with Gasteiger partial charge in [-0.25, -0.2) is 4.99 Å². The van der Waals surface area contributed by atoms with Crippen molar-refractivity contribution in [1.82, 2.24) is 10.2 Å². The highest BCUT2D eigenvalue weighted by molar-refractivity contribution is 7.98. The van der Waals surface area contributed by atoms with Gasteiger partial charge in [-0.05, 0) is 11.8 Å². The lowest BCUT2D eigenvalue weighted by Gasteiger charge is -2.09. The monoisotopic (exact) mass is 260 g/mol. The Balaban J connectivity index is 2.33. The molecule has 4 nitrogen and oxygen atoms in total. The fourth-order valence-corrected chi connectivity index (χ4v) is 2.04. The highest BCUT2D eigenvalue weighted by atomic mass is 32.2. The van der Waals surface area contributed by atoms with Crippen molar-refractivity contribution in [2.75, 3.05) is 25.3 Å². The molecule has 0 radical (unpaired) electrons. The Hall–Kier alpha value is -1.75. The second-order valence-electron chi connectivity index (χ2n) is 3.99. The zero-order valence-corrected chi connectivity index (χ0v) is 11.5. The first-order valence-corrected chi connectivity index (χ1v) is 6.83. The summed E-state index contributed by atoms with van der Waals surface area (Å²) in [7, 11) is 3.94. The molecular weight excluding hydrogens is 244 g/mol. The zero-order chi connectivity index (χ0) is 13.0. The number of nitrogens with one attached hydrogen (secondary N) is 1. The van der Waals surface area contributed by atoms with Crippen molar-refractivity contribution < 1.29 is 0 Å². The molecular formula is C13H16N4S. The van der Waals surface area contributed by atoms with E-state index in [1.54, 1.807) is 11.8 Å². The topological polar surface area (TPSA) is 44.3 Å². The van der Waals surface area contributed by atoms with E-state index in [0.29, 0.717) is 0 Å². The molecule has 0 saturated carbocycles. The van der Waals surface area contributed by atoms with Crippen LogP contribution in [0.15, 0.2) is 40.4 Å². The molecule has 1 aromatic heterocycles. The fourth-order valence-electron chi connectivity index (χ4n) is 1.56. The molecule has 0 fully saturated rings. The van der Waals surface area contributed by atoms with Gasteiger partial charge >= 0.3 is 0 Å². The minimum absolute atomic E-state index is 0.886. The number of aromatic amines is 1. The molecule has 5 heteroatoms. The maximum absolute atomic E-state index is 4.55. The van der Waals surface area contributed by atoms with Crippen LogP contribution in [0.5, 0.6) is 0 Å². The molecule has 0 saturated heterocycles. The van der Waals surface area contributed by atoms with E-state index in [0.717, 1.165) is 22.1 Å². The highest BCUT2D eigenvalue weighted by Crippen LogP contribution is 2.34. The van der Waals surface area contributed by atoms with Gasteiger partial charge in [-0.1, -0.05) is 30.3 Å². The Labute approximate surface area is 111 Å². The van der Waals surface area contributed by atoms with E-state index in [-0.39, 0.29) is 0 Å². The number of benzene rings is 1. The minimum atomic E-state index is 0.886. The molecule has 0 bridgehead atoms. The number of rotatable bonds is 4. The molecule has 0 aliphatic rings. The summed E-state index contributed by atoms with van der Waals surface area (Å²) >= 11 is 1.59. The van der Waals surface area contributed by atoms with Crippen molar-refractivity contribution in [2.24, 2.45) is 4.99 Å². The van der Waals surface area contributed by atoms with Crippen LogP contribution in [0.3, 0.4) is 0 Å². The largest absolute Gasteiger partial charge is 0.361 e. The van der Waals surface area contributed by atoms with E-state index in [1.165, 1.54) is 0 Å². The molecule has 0 aliphatic carbocycles. The molecule has 0 amide bonds. The predicted octanol–water partition coefficient (Wildman–Crippen LogP) is 2.95. The summed E-state index contributed by atoms with van der Waals surface area (Å²) in [5, 5.41) is 8.16. The summed E-state index contributed by atoms with van der Waals surface area (Å²) in [6.07, 6.45) is 3.86. The number of anilines is 1. The summed E-state index contributed by atoms with van der Waals surface area (Å²) in [4.78, 5) is 6.52. The first kappa shape index (κ1) is 12.7. The van der Waals surface area contributed by atoms with Crippen molar-refractivity contribution in [3.05, 3.63) is 35.9 Å². The lowest BCUT2D eigenvalue weighted by atomic mass is 10.2. The van der Waals surface area contributed by atoms with Gasteiger partial charge in [0.1, 0.15) is 10.7 Å². The third-order valence-corrected chi connectivity index (χ3v) is 3.14. The predicted molar refractivity (Wildman–Crippen MR) is 78.4 cm³/mol. The van der Waals surface area contributed by atoms with Crippen molar-refractivity contribution in [2.45, 2.75) is 5.03 Å². The van der Waals surface area contributed by atoms with Gasteiger partial charge in [0.25, 0.3) is 0 Å². The lowest BCUT2D eigenvalue weighted by molar-refractivity contribution is 0.973. The second-order valence-corrected chi connectivity index (χ2v) is 4.79. The zero-order valence-electron chi connectivity index (χ0n) is 10.7. The SMILES string of the molecule is CSc1n[nH]c(N(C)C)c1N=Cc1ccccc1. The molecule has 0 atom stereocenters. The Morgan fingerprint density at radius 1 is 1.28 bits per heavy atom. The molecule has 94 valence electrons. The van der Waals surface area contributed by atoms with Gasteiger partial charge in [0.15, 0.2) is 5.82 Å². The summed E-state index contributed by atoms with van der Waals surface area (Å²) in [5.41, 5.74) is 1.96. The average molecular weight is 260 g/mol. The van der Waals surface area contributed by atoms with Crippen LogP contribution in [0.2, 0.25) is 0 Å². The van der Waals surface area contributed by atoms with Gasteiger partial charge in [0.2, 0.25) is 0 Å². The second kappa shape index (κ2) is 5.73. The van der Waals surface area contributed by atoms with E-state index >= 15 is 0 Å². The number of nitrogens with zero attached hydrogens (tertiary/aromatic N) is 3. The van der Waals surface area contributed by atoms with Crippen molar-refractivity contribution in [3.8, 4) is 0 Å².